The van der Waals surface area contributed by atoms with Gasteiger partial charge in [-0.3, -0.25) is 0 Å². The predicted molar refractivity (Wildman–Crippen MR) is 39.1 cm³/mol. The summed E-state index contributed by atoms with van der Waals surface area (Å²) in [4.78, 5) is 3.25. The second-order valence-electron chi connectivity index (χ2n) is 1.58. The average molecular weight is 129 g/mol. The Balaban J connectivity index is 2.65. The molecule has 0 aliphatic heterocycles. The molecule has 0 amide bonds. The molecule has 0 aliphatic rings. The van der Waals surface area contributed by atoms with E-state index in [2.05, 4.69) is 11.1 Å². The maximum atomic E-state index is 6.46. The van der Waals surface area contributed by atoms with Gasteiger partial charge in [-0.2, -0.15) is 11.8 Å². The van der Waals surface area contributed by atoms with Crippen molar-refractivity contribution < 1.29 is 0 Å². The highest BCUT2D eigenvalue weighted by molar-refractivity contribution is 7.98. The molecule has 46 valence electrons. The Morgan fingerprint density at radius 2 is 2.25 bits per heavy atom. The molecule has 8 heavy (non-hydrogen) atoms. The van der Waals surface area contributed by atoms with Crippen LogP contribution in [0.4, 0.5) is 0 Å². The first kappa shape index (κ1) is 7.84. The van der Waals surface area contributed by atoms with Crippen LogP contribution in [0.5, 0.6) is 0 Å². The van der Waals surface area contributed by atoms with Gasteiger partial charge in [0.1, 0.15) is 0 Å². The minimum atomic E-state index is 0.709. The van der Waals surface area contributed by atoms with E-state index in [1.807, 2.05) is 11.8 Å². The Bertz CT molecular complexity index is 75.1. The van der Waals surface area contributed by atoms with Crippen molar-refractivity contribution in [2.75, 3.05) is 18.6 Å². The molecule has 0 aromatic carbocycles. The minimum Gasteiger partial charge on any atom is -0.317 e. The first-order valence-corrected chi connectivity index (χ1v) is 4.13. The van der Waals surface area contributed by atoms with Crippen LogP contribution in [-0.4, -0.2) is 18.6 Å². The molecular weight excluding hydrogens is 118 g/mol. The molecule has 0 N–H and O–H groups in total. The zero-order chi connectivity index (χ0) is 6.24. The van der Waals surface area contributed by atoms with Crippen molar-refractivity contribution in [1.82, 2.24) is 0 Å². The van der Waals surface area contributed by atoms with Crippen LogP contribution in [0.3, 0.4) is 0 Å². The van der Waals surface area contributed by atoms with Crippen LogP contribution in [-0.2, 0) is 0 Å². The third-order valence-electron chi connectivity index (χ3n) is 0.868. The largest absolute Gasteiger partial charge is 0.317 e. The molecule has 1 nitrogen and oxygen atoms in total. The van der Waals surface area contributed by atoms with Gasteiger partial charge in [-0.05, 0) is 18.4 Å². The molecule has 0 aliphatic carbocycles. The lowest BCUT2D eigenvalue weighted by atomic mass is 10.3. The van der Waals surface area contributed by atoms with Gasteiger partial charge < -0.3 is 4.85 Å². The van der Waals surface area contributed by atoms with Gasteiger partial charge in [-0.25, -0.2) is 6.57 Å². The van der Waals surface area contributed by atoms with Crippen molar-refractivity contribution in [3.05, 3.63) is 11.4 Å². The summed E-state index contributed by atoms with van der Waals surface area (Å²) in [6, 6.07) is 0. The van der Waals surface area contributed by atoms with Crippen molar-refractivity contribution in [3.63, 3.8) is 0 Å². The summed E-state index contributed by atoms with van der Waals surface area (Å²) >= 11 is 1.85. The van der Waals surface area contributed by atoms with E-state index in [0.29, 0.717) is 6.54 Å². The zero-order valence-corrected chi connectivity index (χ0v) is 6.00. The summed E-state index contributed by atoms with van der Waals surface area (Å²) in [7, 11) is 0. The molecule has 0 rings (SSSR count). The van der Waals surface area contributed by atoms with Crippen LogP contribution in [0.2, 0.25) is 0 Å². The Morgan fingerprint density at radius 3 is 2.75 bits per heavy atom. The molecule has 0 spiro atoms. The van der Waals surface area contributed by atoms with E-state index in [9.17, 15) is 0 Å². The standard InChI is InChI=1S/C6H11NS/c1-7-5-3-4-6-8-2/h3-6H2,2H3. The van der Waals surface area contributed by atoms with Crippen LogP contribution in [0.15, 0.2) is 0 Å². The number of hydrogen-bond donors (Lipinski definition) is 0. The fraction of sp³-hybridized carbons (Fsp3) is 0.833. The van der Waals surface area contributed by atoms with E-state index in [1.54, 1.807) is 0 Å². The molecule has 0 bridgehead atoms. The van der Waals surface area contributed by atoms with E-state index >= 15 is 0 Å². The van der Waals surface area contributed by atoms with Crippen LogP contribution in [0.25, 0.3) is 4.85 Å². The second kappa shape index (κ2) is 6.84. The van der Waals surface area contributed by atoms with Crippen molar-refractivity contribution in [2.45, 2.75) is 12.8 Å². The van der Waals surface area contributed by atoms with E-state index in [1.165, 1.54) is 12.2 Å². The first-order valence-electron chi connectivity index (χ1n) is 2.74. The van der Waals surface area contributed by atoms with E-state index in [0.717, 1.165) is 6.42 Å². The van der Waals surface area contributed by atoms with E-state index in [-0.39, 0.29) is 0 Å². The van der Waals surface area contributed by atoms with Gasteiger partial charge in [0, 0.05) is 6.42 Å². The second-order valence-corrected chi connectivity index (χ2v) is 2.57. The third-order valence-corrected chi connectivity index (χ3v) is 1.57. The Labute approximate surface area is 55.3 Å². The SMILES string of the molecule is [C-]#[N+]CCCCSC. The van der Waals surface area contributed by atoms with Gasteiger partial charge in [0.15, 0.2) is 0 Å². The summed E-state index contributed by atoms with van der Waals surface area (Å²) in [6.07, 6.45) is 4.37. The summed E-state index contributed by atoms with van der Waals surface area (Å²) in [5, 5.41) is 0. The van der Waals surface area contributed by atoms with E-state index < -0.39 is 0 Å². The maximum Gasteiger partial charge on any atom is 0.214 e. The zero-order valence-electron chi connectivity index (χ0n) is 5.18. The Kier molecular flexibility index (Phi) is 6.70. The predicted octanol–water partition coefficient (Wildman–Crippen LogP) is 2.05. The normalized spacial score (nSPS) is 8.50. The average Bonchev–Trinajstić information content (AvgIpc) is 1.81. The highest BCUT2D eigenvalue weighted by Crippen LogP contribution is 1.98. The maximum absolute atomic E-state index is 6.46. The number of rotatable bonds is 4. The molecule has 0 heterocycles. The fourth-order valence-corrected chi connectivity index (χ4v) is 0.930. The van der Waals surface area contributed by atoms with Crippen LogP contribution in [0.1, 0.15) is 12.8 Å². The van der Waals surface area contributed by atoms with Crippen molar-refractivity contribution >= 4 is 11.8 Å². The third kappa shape index (κ3) is 5.84. The molecule has 0 saturated carbocycles. The lowest BCUT2D eigenvalue weighted by Crippen LogP contribution is -1.80. The van der Waals surface area contributed by atoms with Crippen molar-refractivity contribution in [1.29, 1.82) is 0 Å². The number of nitrogens with zero attached hydrogens (tertiary/aromatic N) is 1. The lowest BCUT2D eigenvalue weighted by molar-refractivity contribution is 0.869. The lowest BCUT2D eigenvalue weighted by Gasteiger charge is -1.88. The fourth-order valence-electron chi connectivity index (χ4n) is 0.437. The molecule has 0 radical (unpaired) electrons. The molecule has 0 atom stereocenters. The Morgan fingerprint density at radius 1 is 1.50 bits per heavy atom. The van der Waals surface area contributed by atoms with Crippen molar-refractivity contribution in [2.24, 2.45) is 0 Å². The van der Waals surface area contributed by atoms with E-state index in [4.69, 9.17) is 6.57 Å². The molecule has 0 saturated heterocycles. The quantitative estimate of drug-likeness (QED) is 0.415. The minimum absolute atomic E-state index is 0.709. The highest BCUT2D eigenvalue weighted by Gasteiger charge is 1.86. The highest BCUT2D eigenvalue weighted by atomic mass is 32.2. The van der Waals surface area contributed by atoms with Gasteiger partial charge in [0.05, 0.1) is 0 Å². The summed E-state index contributed by atoms with van der Waals surface area (Å²) in [5.74, 6) is 1.20. The smallest absolute Gasteiger partial charge is 0.214 e. The topological polar surface area (TPSA) is 4.36 Å². The molecule has 2 heteroatoms. The molecule has 0 aromatic heterocycles. The van der Waals surface area contributed by atoms with Crippen LogP contribution < -0.4 is 0 Å². The summed E-state index contributed by atoms with van der Waals surface area (Å²) in [6.45, 7) is 7.17. The number of hydrogen-bond acceptors (Lipinski definition) is 1. The molecule has 0 fully saturated rings. The van der Waals surface area contributed by atoms with Crippen LogP contribution >= 0.6 is 11.8 Å². The van der Waals surface area contributed by atoms with Gasteiger partial charge in [-0.1, -0.05) is 0 Å². The summed E-state index contributed by atoms with van der Waals surface area (Å²) < 4.78 is 0. The molecular formula is C6H11NS. The van der Waals surface area contributed by atoms with Gasteiger partial charge >= 0.3 is 0 Å². The molecule has 0 unspecified atom stereocenters. The number of unbranched alkanes of at least 4 members (excludes halogenated alkanes) is 1. The van der Waals surface area contributed by atoms with Crippen LogP contribution in [0, 0.1) is 6.57 Å². The molecule has 0 aromatic rings. The first-order chi connectivity index (χ1) is 3.91. The Hall–Kier alpha value is -0.160. The van der Waals surface area contributed by atoms with Gasteiger partial charge in [0.25, 0.3) is 0 Å². The monoisotopic (exact) mass is 129 g/mol. The van der Waals surface area contributed by atoms with Crippen molar-refractivity contribution in [3.8, 4) is 0 Å². The number of thioether (sulfide) groups is 1. The summed E-state index contributed by atoms with van der Waals surface area (Å²) in [5.41, 5.74) is 0. The van der Waals surface area contributed by atoms with Gasteiger partial charge in [-0.15, -0.1) is 0 Å². The van der Waals surface area contributed by atoms with Gasteiger partial charge in [0.2, 0.25) is 6.54 Å².